The van der Waals surface area contributed by atoms with E-state index in [1.807, 2.05) is 0 Å². The Morgan fingerprint density at radius 3 is 2.61 bits per heavy atom. The monoisotopic (exact) mass is 411 g/mol. The molecule has 3 aromatic rings. The average molecular weight is 412 g/mol. The molecule has 1 aromatic carbocycles. The van der Waals surface area contributed by atoms with Gasteiger partial charge in [-0.1, -0.05) is 28.9 Å². The van der Waals surface area contributed by atoms with Crippen LogP contribution >= 0.6 is 11.6 Å². The van der Waals surface area contributed by atoms with E-state index in [2.05, 4.69) is 15.5 Å². The molecular formula is C18H13ClF3N3O3. The number of carbonyl (C=O) groups excluding carboxylic acids is 1. The van der Waals surface area contributed by atoms with E-state index in [1.165, 1.54) is 18.5 Å². The Balaban J connectivity index is 1.92. The molecule has 0 saturated carbocycles. The standard InChI is InChI=1S/C18H13ClF3N3O3/c1-10-15(8-28-25-10)16(26)24-13-6-14(11-2-4-12(19)5-3-11)17(23-7-13)27-9-18(20,21)22/h2-8H,9H2,1H3,(H,24,26). The van der Waals surface area contributed by atoms with E-state index >= 15 is 0 Å². The minimum atomic E-state index is -4.52. The van der Waals surface area contributed by atoms with Crippen LogP contribution in [0, 0.1) is 6.92 Å². The van der Waals surface area contributed by atoms with Gasteiger partial charge in [0.05, 0.1) is 17.6 Å². The highest BCUT2D eigenvalue weighted by Gasteiger charge is 2.29. The van der Waals surface area contributed by atoms with Gasteiger partial charge in [0, 0.05) is 10.6 Å². The Morgan fingerprint density at radius 2 is 2.00 bits per heavy atom. The molecule has 0 aliphatic heterocycles. The van der Waals surface area contributed by atoms with Gasteiger partial charge in [0.25, 0.3) is 5.91 Å². The summed E-state index contributed by atoms with van der Waals surface area (Å²) in [5.41, 5.74) is 1.67. The number of benzene rings is 1. The van der Waals surface area contributed by atoms with Gasteiger partial charge >= 0.3 is 6.18 Å². The first-order valence-electron chi connectivity index (χ1n) is 7.91. The summed E-state index contributed by atoms with van der Waals surface area (Å²) in [4.78, 5) is 16.2. The lowest BCUT2D eigenvalue weighted by Crippen LogP contribution is -2.20. The number of carbonyl (C=O) groups is 1. The van der Waals surface area contributed by atoms with E-state index in [9.17, 15) is 18.0 Å². The minimum absolute atomic E-state index is 0.223. The van der Waals surface area contributed by atoms with Gasteiger partial charge in [-0.25, -0.2) is 4.98 Å². The molecule has 0 spiro atoms. The van der Waals surface area contributed by atoms with Crippen molar-refractivity contribution in [2.75, 3.05) is 11.9 Å². The molecule has 0 radical (unpaired) electrons. The lowest BCUT2D eigenvalue weighted by atomic mass is 10.1. The smallest absolute Gasteiger partial charge is 0.422 e. The first-order chi connectivity index (χ1) is 13.2. The molecule has 1 amide bonds. The van der Waals surface area contributed by atoms with Crippen molar-refractivity contribution < 1.29 is 27.2 Å². The second kappa shape index (κ2) is 7.89. The number of aryl methyl sites for hydroxylation is 1. The third-order valence-electron chi connectivity index (χ3n) is 3.63. The van der Waals surface area contributed by atoms with Gasteiger partial charge in [-0.2, -0.15) is 13.2 Å². The largest absolute Gasteiger partial charge is 0.468 e. The summed E-state index contributed by atoms with van der Waals surface area (Å²) in [7, 11) is 0. The van der Waals surface area contributed by atoms with Crippen LogP contribution in [-0.2, 0) is 0 Å². The van der Waals surface area contributed by atoms with Crippen LogP contribution < -0.4 is 10.1 Å². The van der Waals surface area contributed by atoms with Crippen molar-refractivity contribution in [3.05, 3.63) is 59.1 Å². The fourth-order valence-electron chi connectivity index (χ4n) is 2.33. The second-order valence-corrected chi connectivity index (χ2v) is 6.19. The normalized spacial score (nSPS) is 11.3. The molecule has 6 nitrogen and oxygen atoms in total. The Labute approximate surface area is 162 Å². The van der Waals surface area contributed by atoms with Crippen molar-refractivity contribution in [3.8, 4) is 17.0 Å². The van der Waals surface area contributed by atoms with Crippen molar-refractivity contribution in [2.45, 2.75) is 13.1 Å². The number of halogens is 4. The number of amides is 1. The van der Waals surface area contributed by atoms with Crippen molar-refractivity contribution in [3.63, 3.8) is 0 Å². The molecular weight excluding hydrogens is 399 g/mol. The number of anilines is 1. The summed E-state index contributed by atoms with van der Waals surface area (Å²) in [5.74, 6) is -0.717. The second-order valence-electron chi connectivity index (χ2n) is 5.76. The highest BCUT2D eigenvalue weighted by Crippen LogP contribution is 2.32. The molecule has 28 heavy (non-hydrogen) atoms. The van der Waals surface area contributed by atoms with Crippen LogP contribution in [0.15, 0.2) is 47.3 Å². The summed E-state index contributed by atoms with van der Waals surface area (Å²) in [6, 6.07) is 7.83. The van der Waals surface area contributed by atoms with Gasteiger partial charge in [0.1, 0.15) is 11.8 Å². The summed E-state index contributed by atoms with van der Waals surface area (Å²) in [6.07, 6.45) is -2.12. The summed E-state index contributed by atoms with van der Waals surface area (Å²) in [5, 5.41) is 6.68. The number of alkyl halides is 3. The Kier molecular flexibility index (Phi) is 5.55. The lowest BCUT2D eigenvalue weighted by Gasteiger charge is -2.14. The maximum atomic E-state index is 12.5. The molecule has 0 aliphatic carbocycles. The number of rotatable bonds is 5. The Hall–Kier alpha value is -3.07. The lowest BCUT2D eigenvalue weighted by molar-refractivity contribution is -0.154. The van der Waals surface area contributed by atoms with Gasteiger partial charge in [-0.3, -0.25) is 4.79 Å². The maximum absolute atomic E-state index is 12.5. The van der Waals surface area contributed by atoms with E-state index in [1.54, 1.807) is 31.2 Å². The zero-order chi connectivity index (χ0) is 20.3. The molecule has 2 aromatic heterocycles. The highest BCUT2D eigenvalue weighted by atomic mass is 35.5. The van der Waals surface area contributed by atoms with Gasteiger partial charge in [-0.15, -0.1) is 0 Å². The summed E-state index contributed by atoms with van der Waals surface area (Å²) < 4.78 is 47.2. The molecule has 146 valence electrons. The van der Waals surface area contributed by atoms with Crippen molar-refractivity contribution in [1.29, 1.82) is 0 Å². The van der Waals surface area contributed by atoms with Crippen LogP contribution in [0.2, 0.25) is 5.02 Å². The molecule has 0 fully saturated rings. The molecule has 0 aliphatic rings. The minimum Gasteiger partial charge on any atom is -0.468 e. The third kappa shape index (κ3) is 4.80. The number of aromatic nitrogens is 2. The molecule has 3 rings (SSSR count). The number of ether oxygens (including phenoxy) is 1. The van der Waals surface area contributed by atoms with Crippen LogP contribution in [-0.4, -0.2) is 28.8 Å². The first-order valence-corrected chi connectivity index (χ1v) is 8.28. The Bertz CT molecular complexity index is 988. The molecule has 0 bridgehead atoms. The predicted molar refractivity (Wildman–Crippen MR) is 95.4 cm³/mol. The van der Waals surface area contributed by atoms with Crippen molar-refractivity contribution in [2.24, 2.45) is 0 Å². The number of hydrogen-bond acceptors (Lipinski definition) is 5. The first kappa shape index (κ1) is 19.7. The van der Waals surface area contributed by atoms with Crippen LogP contribution in [0.4, 0.5) is 18.9 Å². The van der Waals surface area contributed by atoms with Crippen LogP contribution in [0.5, 0.6) is 5.88 Å². The highest BCUT2D eigenvalue weighted by molar-refractivity contribution is 6.30. The average Bonchev–Trinajstić information content (AvgIpc) is 3.06. The van der Waals surface area contributed by atoms with Crippen molar-refractivity contribution >= 4 is 23.2 Å². The maximum Gasteiger partial charge on any atom is 0.422 e. The zero-order valence-electron chi connectivity index (χ0n) is 14.4. The van der Waals surface area contributed by atoms with E-state index in [0.717, 1.165) is 0 Å². The van der Waals surface area contributed by atoms with E-state index < -0.39 is 18.7 Å². The van der Waals surface area contributed by atoms with Crippen LogP contribution in [0.1, 0.15) is 16.1 Å². The van der Waals surface area contributed by atoms with E-state index in [4.69, 9.17) is 20.9 Å². The fourth-order valence-corrected chi connectivity index (χ4v) is 2.46. The number of nitrogens with one attached hydrogen (secondary N) is 1. The van der Waals surface area contributed by atoms with Gasteiger partial charge < -0.3 is 14.6 Å². The molecule has 0 unspecified atom stereocenters. The molecule has 2 heterocycles. The van der Waals surface area contributed by atoms with Crippen LogP contribution in [0.3, 0.4) is 0 Å². The quantitative estimate of drug-likeness (QED) is 0.646. The van der Waals surface area contributed by atoms with Gasteiger partial charge in [0.2, 0.25) is 5.88 Å². The predicted octanol–water partition coefficient (Wildman–Crippen LogP) is 4.89. The fraction of sp³-hybridized carbons (Fsp3) is 0.167. The summed E-state index contributed by atoms with van der Waals surface area (Å²) >= 11 is 5.86. The molecule has 0 saturated heterocycles. The molecule has 1 N–H and O–H groups in total. The SMILES string of the molecule is Cc1nocc1C(=O)Nc1cnc(OCC(F)(F)F)c(-c2ccc(Cl)cc2)c1. The topological polar surface area (TPSA) is 77.3 Å². The zero-order valence-corrected chi connectivity index (χ0v) is 15.1. The van der Waals surface area contributed by atoms with E-state index in [-0.39, 0.29) is 22.7 Å². The summed E-state index contributed by atoms with van der Waals surface area (Å²) in [6.45, 7) is 0.107. The number of pyridine rings is 1. The van der Waals surface area contributed by atoms with Crippen molar-refractivity contribution in [1.82, 2.24) is 10.1 Å². The number of hydrogen-bond donors (Lipinski definition) is 1. The van der Waals surface area contributed by atoms with Gasteiger partial charge in [0.15, 0.2) is 6.61 Å². The van der Waals surface area contributed by atoms with Gasteiger partial charge in [-0.05, 0) is 30.7 Å². The van der Waals surface area contributed by atoms with Crippen LogP contribution in [0.25, 0.3) is 11.1 Å². The molecule has 10 heteroatoms. The third-order valence-corrected chi connectivity index (χ3v) is 3.88. The molecule has 0 atom stereocenters. The van der Waals surface area contributed by atoms with E-state index in [0.29, 0.717) is 16.3 Å². The Morgan fingerprint density at radius 1 is 1.29 bits per heavy atom. The number of nitrogens with zero attached hydrogens (tertiary/aromatic N) is 2.